The smallest absolute Gasteiger partial charge is 0.338 e. The molecular weight excluding hydrogens is 380 g/mol. The van der Waals surface area contributed by atoms with Crippen molar-refractivity contribution in [2.24, 2.45) is 0 Å². The maximum atomic E-state index is 12.4. The van der Waals surface area contributed by atoms with Crippen LogP contribution in [0.4, 0.5) is 4.79 Å². The molecule has 1 aromatic rings. The second kappa shape index (κ2) is 8.16. The summed E-state index contributed by atoms with van der Waals surface area (Å²) in [6, 6.07) is 4.35. The molecule has 0 radical (unpaired) electrons. The number of benzene rings is 1. The van der Waals surface area contributed by atoms with Crippen LogP contribution >= 0.6 is 15.9 Å². The van der Waals surface area contributed by atoms with Crippen molar-refractivity contribution in [3.8, 4) is 5.75 Å². The summed E-state index contributed by atoms with van der Waals surface area (Å²) in [5.41, 5.74) is 1.54. The molecule has 0 bridgehead atoms. The fourth-order valence-electron chi connectivity index (χ4n) is 2.37. The molecule has 7 nitrogen and oxygen atoms in total. The molecule has 8 heteroatoms. The van der Waals surface area contributed by atoms with Crippen LogP contribution in [-0.4, -0.2) is 39.4 Å². The zero-order valence-corrected chi connectivity index (χ0v) is 15.2. The Labute approximate surface area is 148 Å². The van der Waals surface area contributed by atoms with Crippen molar-refractivity contribution in [3.63, 3.8) is 0 Å². The first-order valence-corrected chi connectivity index (χ1v) is 8.05. The van der Waals surface area contributed by atoms with Gasteiger partial charge >= 0.3 is 12.0 Å². The van der Waals surface area contributed by atoms with Gasteiger partial charge in [0.05, 0.1) is 29.8 Å². The fraction of sp³-hybridized carbons (Fsp3) is 0.375. The summed E-state index contributed by atoms with van der Waals surface area (Å²) in [4.78, 5) is 24.2. The van der Waals surface area contributed by atoms with Crippen LogP contribution in [0.25, 0.3) is 0 Å². The van der Waals surface area contributed by atoms with Crippen LogP contribution < -0.4 is 15.4 Å². The topological polar surface area (TPSA) is 85.9 Å². The molecular formula is C16H19BrN2O5. The number of methoxy groups -OCH3 is 2. The van der Waals surface area contributed by atoms with E-state index < -0.39 is 12.0 Å². The minimum Gasteiger partial charge on any atom is -0.496 e. The second-order valence-electron chi connectivity index (χ2n) is 5.09. The Hall–Kier alpha value is -2.06. The van der Waals surface area contributed by atoms with Crippen LogP contribution in [0, 0.1) is 0 Å². The standard InChI is InChI=1S/C16H19BrN2O5/c1-9-13(15(20)24-7-6-22-2)14(19-16(21)18-9)10-4-5-12(23-3)11(17)8-10/h4-5,8,14H,6-7H2,1-3H3,(H2,18,19,21)/t14-/m0/s1. The monoisotopic (exact) mass is 398 g/mol. The van der Waals surface area contributed by atoms with Gasteiger partial charge in [-0.05, 0) is 40.5 Å². The van der Waals surface area contributed by atoms with E-state index in [1.165, 1.54) is 7.11 Å². The molecule has 0 spiro atoms. The third-order valence-electron chi connectivity index (χ3n) is 3.52. The van der Waals surface area contributed by atoms with E-state index in [1.54, 1.807) is 32.2 Å². The predicted octanol–water partition coefficient (Wildman–Crippen LogP) is 2.28. The Kier molecular flexibility index (Phi) is 6.22. The van der Waals surface area contributed by atoms with E-state index >= 15 is 0 Å². The molecule has 0 unspecified atom stereocenters. The van der Waals surface area contributed by atoms with Crippen molar-refractivity contribution in [2.45, 2.75) is 13.0 Å². The Balaban J connectivity index is 2.34. The zero-order chi connectivity index (χ0) is 17.7. The highest BCUT2D eigenvalue weighted by Crippen LogP contribution is 2.33. The summed E-state index contributed by atoms with van der Waals surface area (Å²) in [5.74, 6) is 0.151. The number of hydrogen-bond donors (Lipinski definition) is 2. The van der Waals surface area contributed by atoms with Gasteiger partial charge in [0.1, 0.15) is 12.4 Å². The van der Waals surface area contributed by atoms with E-state index in [1.807, 2.05) is 0 Å². The van der Waals surface area contributed by atoms with Gasteiger partial charge in [0.25, 0.3) is 0 Å². The number of hydrogen-bond acceptors (Lipinski definition) is 5. The molecule has 1 aliphatic heterocycles. The molecule has 1 atom stereocenters. The van der Waals surface area contributed by atoms with E-state index in [4.69, 9.17) is 14.2 Å². The van der Waals surface area contributed by atoms with Crippen LogP contribution in [0.1, 0.15) is 18.5 Å². The largest absolute Gasteiger partial charge is 0.496 e. The summed E-state index contributed by atoms with van der Waals surface area (Å²) in [6.45, 7) is 2.10. The normalized spacial score (nSPS) is 17.2. The first-order valence-electron chi connectivity index (χ1n) is 7.25. The van der Waals surface area contributed by atoms with E-state index in [2.05, 4.69) is 26.6 Å². The molecule has 1 aromatic carbocycles. The second-order valence-corrected chi connectivity index (χ2v) is 5.95. The number of carbonyl (C=O) groups excluding carboxylic acids is 2. The van der Waals surface area contributed by atoms with Crippen LogP contribution in [0.5, 0.6) is 5.75 Å². The number of carbonyl (C=O) groups is 2. The van der Waals surface area contributed by atoms with Crippen LogP contribution in [0.15, 0.2) is 33.9 Å². The van der Waals surface area contributed by atoms with Crippen LogP contribution in [0.3, 0.4) is 0 Å². The van der Waals surface area contributed by atoms with Crippen molar-refractivity contribution < 1.29 is 23.8 Å². The number of halogens is 1. The Bertz CT molecular complexity index is 674. The summed E-state index contributed by atoms with van der Waals surface area (Å²) < 4.78 is 16.0. The average molecular weight is 399 g/mol. The first-order chi connectivity index (χ1) is 11.5. The molecule has 0 aromatic heterocycles. The minimum atomic E-state index is -0.615. The average Bonchev–Trinajstić information content (AvgIpc) is 2.54. The fourth-order valence-corrected chi connectivity index (χ4v) is 2.93. The Morgan fingerprint density at radius 3 is 2.67 bits per heavy atom. The number of amides is 2. The molecule has 1 heterocycles. The Morgan fingerprint density at radius 2 is 2.04 bits per heavy atom. The number of ether oxygens (including phenoxy) is 3. The third kappa shape index (κ3) is 4.07. The maximum Gasteiger partial charge on any atom is 0.338 e. The van der Waals surface area contributed by atoms with Crippen molar-refractivity contribution in [2.75, 3.05) is 27.4 Å². The maximum absolute atomic E-state index is 12.4. The molecule has 2 rings (SSSR count). The quantitative estimate of drug-likeness (QED) is 0.566. The van der Waals surface area contributed by atoms with E-state index in [0.717, 1.165) is 10.0 Å². The summed E-state index contributed by atoms with van der Waals surface area (Å²) in [5, 5.41) is 5.35. The minimum absolute atomic E-state index is 0.138. The molecule has 1 aliphatic rings. The van der Waals surface area contributed by atoms with Gasteiger partial charge in [-0.2, -0.15) is 0 Å². The van der Waals surface area contributed by atoms with Crippen LogP contribution in [-0.2, 0) is 14.3 Å². The van der Waals surface area contributed by atoms with Gasteiger partial charge in [-0.15, -0.1) is 0 Å². The lowest BCUT2D eigenvalue weighted by Crippen LogP contribution is -2.45. The van der Waals surface area contributed by atoms with Crippen molar-refractivity contribution >= 4 is 27.9 Å². The molecule has 0 saturated carbocycles. The van der Waals surface area contributed by atoms with E-state index in [0.29, 0.717) is 23.6 Å². The molecule has 0 saturated heterocycles. The van der Waals surface area contributed by atoms with Gasteiger partial charge < -0.3 is 24.8 Å². The lowest BCUT2D eigenvalue weighted by molar-refractivity contribution is -0.140. The van der Waals surface area contributed by atoms with Crippen molar-refractivity contribution in [3.05, 3.63) is 39.5 Å². The number of esters is 1. The number of nitrogens with one attached hydrogen (secondary N) is 2. The summed E-state index contributed by atoms with van der Waals surface area (Å²) >= 11 is 3.41. The highest BCUT2D eigenvalue weighted by molar-refractivity contribution is 9.10. The highest BCUT2D eigenvalue weighted by atomic mass is 79.9. The van der Waals surface area contributed by atoms with Gasteiger partial charge in [0.15, 0.2) is 0 Å². The number of rotatable bonds is 6. The molecule has 2 amide bonds. The first kappa shape index (κ1) is 18.3. The lowest BCUT2D eigenvalue weighted by atomic mass is 9.95. The van der Waals surface area contributed by atoms with E-state index in [9.17, 15) is 9.59 Å². The SMILES string of the molecule is COCCOC(=O)C1=C(C)NC(=O)N[C@H]1c1ccc(OC)c(Br)c1. The van der Waals surface area contributed by atoms with E-state index in [-0.39, 0.29) is 12.6 Å². The molecule has 130 valence electrons. The zero-order valence-electron chi connectivity index (χ0n) is 13.6. The van der Waals surface area contributed by atoms with Gasteiger partial charge in [-0.3, -0.25) is 0 Å². The number of urea groups is 1. The van der Waals surface area contributed by atoms with Crippen LogP contribution in [0.2, 0.25) is 0 Å². The third-order valence-corrected chi connectivity index (χ3v) is 4.14. The summed E-state index contributed by atoms with van der Waals surface area (Å²) in [7, 11) is 3.09. The predicted molar refractivity (Wildman–Crippen MR) is 90.6 cm³/mol. The van der Waals surface area contributed by atoms with Gasteiger partial charge in [0, 0.05) is 12.8 Å². The molecule has 0 fully saturated rings. The molecule has 0 aliphatic carbocycles. The van der Waals surface area contributed by atoms with Gasteiger partial charge in [0.2, 0.25) is 0 Å². The van der Waals surface area contributed by atoms with Crippen molar-refractivity contribution in [1.82, 2.24) is 10.6 Å². The van der Waals surface area contributed by atoms with Gasteiger partial charge in [-0.25, -0.2) is 9.59 Å². The van der Waals surface area contributed by atoms with Crippen molar-refractivity contribution in [1.29, 1.82) is 0 Å². The lowest BCUT2D eigenvalue weighted by Gasteiger charge is -2.28. The molecule has 2 N–H and O–H groups in total. The van der Waals surface area contributed by atoms with Gasteiger partial charge in [-0.1, -0.05) is 6.07 Å². The highest BCUT2D eigenvalue weighted by Gasteiger charge is 2.32. The number of allylic oxidation sites excluding steroid dienone is 1. The Morgan fingerprint density at radius 1 is 1.29 bits per heavy atom. The summed E-state index contributed by atoms with van der Waals surface area (Å²) in [6.07, 6.45) is 0. The molecule has 24 heavy (non-hydrogen) atoms.